The first-order chi connectivity index (χ1) is 3.84. The van der Waals surface area contributed by atoms with Gasteiger partial charge in [-0.1, -0.05) is 4.68 Å². The van der Waals surface area contributed by atoms with Crippen molar-refractivity contribution in [2.45, 2.75) is 0 Å². The van der Waals surface area contributed by atoms with E-state index in [0.717, 1.165) is 0 Å². The number of carbonyl (C=O) groups is 1. The van der Waals surface area contributed by atoms with Crippen molar-refractivity contribution >= 4 is 12.2 Å². The Balaban J connectivity index is 2.62. The third-order valence-corrected chi connectivity index (χ3v) is 0.987. The molecule has 0 aliphatic carbocycles. The van der Waals surface area contributed by atoms with Crippen LogP contribution in [0.3, 0.4) is 0 Å². The predicted molar refractivity (Wildman–Crippen MR) is 28.8 cm³/mol. The van der Waals surface area contributed by atoms with Gasteiger partial charge >= 0.3 is 6.03 Å². The maximum atomic E-state index is 10.5. The number of hydrazone groups is 1. The number of nitrogens with one attached hydrogen (secondary N) is 2. The summed E-state index contributed by atoms with van der Waals surface area (Å²) in [5.74, 6) is 0. The van der Waals surface area contributed by atoms with E-state index in [9.17, 15) is 4.79 Å². The molecule has 0 aromatic carbocycles. The molecule has 1 aliphatic rings. The van der Waals surface area contributed by atoms with Gasteiger partial charge in [0, 0.05) is 7.05 Å². The van der Waals surface area contributed by atoms with Crippen molar-refractivity contribution in [2.24, 2.45) is 0 Å². The van der Waals surface area contributed by atoms with Crippen LogP contribution in [-0.4, -0.2) is 30.5 Å². The van der Waals surface area contributed by atoms with Crippen molar-refractivity contribution in [3.63, 3.8) is 0 Å². The molecule has 0 spiro atoms. The topological polar surface area (TPSA) is 44.1 Å². The summed E-state index contributed by atoms with van der Waals surface area (Å²) < 4.78 is 1.40. The van der Waals surface area contributed by atoms with Crippen LogP contribution >= 0.6 is 0 Å². The van der Waals surface area contributed by atoms with Crippen molar-refractivity contribution in [1.29, 1.82) is 0 Å². The number of hydrogen-bond donors (Lipinski definition) is 2. The molecular formula is C4H8N3O+. The summed E-state index contributed by atoms with van der Waals surface area (Å²) in [7, 11) is 1.70. The van der Waals surface area contributed by atoms with Gasteiger partial charge in [0.2, 0.25) is 0 Å². The molecule has 44 valence electrons. The van der Waals surface area contributed by atoms with Crippen molar-refractivity contribution in [2.75, 3.05) is 13.6 Å². The molecule has 1 rings (SSSR count). The van der Waals surface area contributed by atoms with E-state index >= 15 is 0 Å². The molecule has 0 atom stereocenters. The van der Waals surface area contributed by atoms with E-state index in [1.54, 1.807) is 13.3 Å². The lowest BCUT2D eigenvalue weighted by molar-refractivity contribution is -0.478. The van der Waals surface area contributed by atoms with Gasteiger partial charge in [0.05, 0.1) is 0 Å². The molecule has 4 heteroatoms. The van der Waals surface area contributed by atoms with Crippen molar-refractivity contribution < 1.29 is 9.48 Å². The maximum absolute atomic E-state index is 10.5. The summed E-state index contributed by atoms with van der Waals surface area (Å²) in [5, 5.41) is 2.59. The largest absolute Gasteiger partial charge is 0.514 e. The van der Waals surface area contributed by atoms with Crippen molar-refractivity contribution in [3.8, 4) is 0 Å². The molecule has 4 nitrogen and oxygen atoms in total. The van der Waals surface area contributed by atoms with Gasteiger partial charge in [-0.2, -0.15) is 4.79 Å². The molecule has 0 aromatic rings. The van der Waals surface area contributed by atoms with E-state index in [4.69, 9.17) is 0 Å². The van der Waals surface area contributed by atoms with Crippen LogP contribution in [0, 0.1) is 0 Å². The molecule has 0 aromatic heterocycles. The van der Waals surface area contributed by atoms with Gasteiger partial charge in [0.15, 0.2) is 0 Å². The Labute approximate surface area is 47.2 Å². The zero-order chi connectivity index (χ0) is 5.98. The number of nitrogens with zero attached hydrogens (tertiary/aromatic N) is 1. The summed E-state index contributed by atoms with van der Waals surface area (Å²) in [6.07, 6.45) is 1.74. The summed E-state index contributed by atoms with van der Waals surface area (Å²) in [4.78, 5) is 10.5. The summed E-state index contributed by atoms with van der Waals surface area (Å²) in [5.41, 5.74) is 2.68. The predicted octanol–water partition coefficient (Wildman–Crippen LogP) is -1.07. The molecule has 0 unspecified atom stereocenters. The third kappa shape index (κ3) is 0.641. The minimum absolute atomic E-state index is 0.0903. The van der Waals surface area contributed by atoms with Crippen molar-refractivity contribution in [1.82, 2.24) is 10.7 Å². The average Bonchev–Trinajstić information content (AvgIpc) is 2.14. The highest BCUT2D eigenvalue weighted by Crippen LogP contribution is 1.75. The molecule has 2 amide bonds. The van der Waals surface area contributed by atoms with Gasteiger partial charge in [0.1, 0.15) is 12.8 Å². The molecule has 0 radical (unpaired) electrons. The molecule has 0 saturated carbocycles. The Bertz CT molecular complexity index is 140. The van der Waals surface area contributed by atoms with E-state index in [1.165, 1.54) is 4.68 Å². The highest BCUT2D eigenvalue weighted by atomic mass is 16.2. The lowest BCUT2D eigenvalue weighted by Crippen LogP contribution is -2.31. The molecule has 0 fully saturated rings. The van der Waals surface area contributed by atoms with Crippen molar-refractivity contribution in [3.05, 3.63) is 0 Å². The lowest BCUT2D eigenvalue weighted by Gasteiger charge is -1.90. The zero-order valence-electron chi connectivity index (χ0n) is 4.64. The Kier molecular flexibility index (Phi) is 1.15. The second kappa shape index (κ2) is 1.81. The molecule has 1 aliphatic heterocycles. The minimum Gasteiger partial charge on any atom is -0.256 e. The van der Waals surface area contributed by atoms with E-state index in [-0.39, 0.29) is 6.03 Å². The molecule has 0 saturated heterocycles. The van der Waals surface area contributed by atoms with Crippen LogP contribution in [0.1, 0.15) is 0 Å². The summed E-state index contributed by atoms with van der Waals surface area (Å²) in [6, 6.07) is -0.0903. The van der Waals surface area contributed by atoms with E-state index in [2.05, 4.69) is 10.7 Å². The Morgan fingerprint density at radius 1 is 2.00 bits per heavy atom. The number of hydrogen-bond acceptors (Lipinski definition) is 2. The fraction of sp³-hybridized carbons (Fsp3) is 0.500. The number of carbonyl (C=O) groups excluding carboxylic acids is 1. The van der Waals surface area contributed by atoms with Gasteiger partial charge in [-0.15, -0.1) is 0 Å². The summed E-state index contributed by atoms with van der Waals surface area (Å²) in [6.45, 7) is 0.625. The molecule has 1 heterocycles. The quantitative estimate of drug-likeness (QED) is 0.426. The van der Waals surface area contributed by atoms with E-state index in [0.29, 0.717) is 6.54 Å². The highest BCUT2D eigenvalue weighted by Gasteiger charge is 2.19. The second-order valence-electron chi connectivity index (χ2n) is 1.46. The first-order valence-corrected chi connectivity index (χ1v) is 2.42. The Morgan fingerprint density at radius 3 is 3.00 bits per heavy atom. The van der Waals surface area contributed by atoms with Crippen LogP contribution in [0.25, 0.3) is 0 Å². The Morgan fingerprint density at radius 2 is 2.75 bits per heavy atom. The highest BCUT2D eigenvalue weighted by molar-refractivity contribution is 5.78. The van der Waals surface area contributed by atoms with Crippen LogP contribution in [0.5, 0.6) is 0 Å². The number of amides is 2. The standard InChI is InChI=1S/C4H7N3O/c1-5-7-3-2-6-4(7)8/h3,5H,2H2,1H3/p+1. The van der Waals surface area contributed by atoms with E-state index < -0.39 is 0 Å². The molecule has 8 heavy (non-hydrogen) atoms. The van der Waals surface area contributed by atoms with Crippen LogP contribution in [0.2, 0.25) is 0 Å². The average molecular weight is 114 g/mol. The normalized spacial score (nSPS) is 17.6. The smallest absolute Gasteiger partial charge is 0.256 e. The fourth-order valence-corrected chi connectivity index (χ4v) is 0.585. The number of hydrazine groups is 1. The van der Waals surface area contributed by atoms with Gasteiger partial charge in [-0.25, -0.2) is 5.32 Å². The fourth-order valence-electron chi connectivity index (χ4n) is 0.585. The first kappa shape index (κ1) is 5.08. The Hall–Kier alpha value is -1.06. The monoisotopic (exact) mass is 114 g/mol. The van der Waals surface area contributed by atoms with Gasteiger partial charge in [-0.05, 0) is 0 Å². The molecule has 0 bridgehead atoms. The number of urea groups is 1. The first-order valence-electron chi connectivity index (χ1n) is 2.42. The van der Waals surface area contributed by atoms with Gasteiger partial charge in [-0.3, -0.25) is 5.43 Å². The molecule has 2 N–H and O–H groups in total. The maximum Gasteiger partial charge on any atom is 0.514 e. The molecular weight excluding hydrogens is 106 g/mol. The third-order valence-electron chi connectivity index (χ3n) is 0.987. The van der Waals surface area contributed by atoms with Crippen LogP contribution in [0.4, 0.5) is 4.79 Å². The second-order valence-corrected chi connectivity index (χ2v) is 1.46. The minimum atomic E-state index is -0.0903. The van der Waals surface area contributed by atoms with E-state index in [1.807, 2.05) is 0 Å². The summed E-state index contributed by atoms with van der Waals surface area (Å²) >= 11 is 0. The van der Waals surface area contributed by atoms with Crippen LogP contribution in [-0.2, 0) is 0 Å². The lowest BCUT2D eigenvalue weighted by atomic mass is 10.8. The SMILES string of the molecule is CN[N+]1=CCNC1=O. The zero-order valence-corrected chi connectivity index (χ0v) is 4.64. The van der Waals surface area contributed by atoms with Gasteiger partial charge in [0.25, 0.3) is 0 Å². The van der Waals surface area contributed by atoms with Crippen LogP contribution in [0.15, 0.2) is 0 Å². The van der Waals surface area contributed by atoms with Gasteiger partial charge < -0.3 is 0 Å². The van der Waals surface area contributed by atoms with Crippen LogP contribution < -0.4 is 10.7 Å². The number of rotatable bonds is 1.